The lowest BCUT2D eigenvalue weighted by Gasteiger charge is -2.22. The van der Waals surface area contributed by atoms with Crippen LogP contribution in [0, 0.1) is 0 Å². The lowest BCUT2D eigenvalue weighted by molar-refractivity contribution is 0.301. The van der Waals surface area contributed by atoms with Crippen molar-refractivity contribution in [3.63, 3.8) is 0 Å². The van der Waals surface area contributed by atoms with E-state index in [-0.39, 0.29) is 6.61 Å². The maximum Gasteiger partial charge on any atom is 0.125 e. The quantitative estimate of drug-likeness (QED) is 0.796. The molecule has 0 radical (unpaired) electrons. The second-order valence-corrected chi connectivity index (χ2v) is 3.52. The Morgan fingerprint density at radius 3 is 2.69 bits per heavy atom. The van der Waals surface area contributed by atoms with Crippen LogP contribution in [0.15, 0.2) is 42.7 Å². The largest absolute Gasteiger partial charge is 0.395 e. The van der Waals surface area contributed by atoms with Gasteiger partial charge in [-0.1, -0.05) is 18.2 Å². The number of nitrogens with zero attached hydrogens (tertiary/aromatic N) is 2. The van der Waals surface area contributed by atoms with Crippen molar-refractivity contribution >= 4 is 5.69 Å². The van der Waals surface area contributed by atoms with E-state index in [0.29, 0.717) is 13.1 Å². The summed E-state index contributed by atoms with van der Waals surface area (Å²) in [7, 11) is 0. The number of nitrogens with one attached hydrogen (secondary N) is 1. The maximum atomic E-state index is 9.05. The highest BCUT2D eigenvalue weighted by atomic mass is 16.3. The Labute approximate surface area is 94.6 Å². The molecule has 0 aliphatic heterocycles. The average molecular weight is 217 g/mol. The SMILES string of the molecule is OCCN(Cc1ncc[nH]1)c1ccccc1. The summed E-state index contributed by atoms with van der Waals surface area (Å²) in [5.74, 6) is 0.900. The van der Waals surface area contributed by atoms with Crippen LogP contribution < -0.4 is 4.90 Å². The Morgan fingerprint density at radius 1 is 1.25 bits per heavy atom. The van der Waals surface area contributed by atoms with E-state index in [9.17, 15) is 0 Å². The van der Waals surface area contributed by atoms with Crippen LogP contribution in [0.3, 0.4) is 0 Å². The monoisotopic (exact) mass is 217 g/mol. The number of hydrogen-bond acceptors (Lipinski definition) is 3. The fraction of sp³-hybridized carbons (Fsp3) is 0.250. The maximum absolute atomic E-state index is 9.05. The summed E-state index contributed by atoms with van der Waals surface area (Å²) in [5.41, 5.74) is 1.09. The van der Waals surface area contributed by atoms with Gasteiger partial charge < -0.3 is 15.0 Å². The molecule has 0 aliphatic carbocycles. The van der Waals surface area contributed by atoms with E-state index in [1.54, 1.807) is 12.4 Å². The highest BCUT2D eigenvalue weighted by molar-refractivity contribution is 5.45. The minimum Gasteiger partial charge on any atom is -0.395 e. The molecule has 4 nitrogen and oxygen atoms in total. The second-order valence-electron chi connectivity index (χ2n) is 3.52. The summed E-state index contributed by atoms with van der Waals surface area (Å²) >= 11 is 0. The summed E-state index contributed by atoms with van der Waals surface area (Å²) in [6.07, 6.45) is 3.54. The van der Waals surface area contributed by atoms with Crippen molar-refractivity contribution in [2.24, 2.45) is 0 Å². The molecule has 1 aromatic heterocycles. The highest BCUT2D eigenvalue weighted by Crippen LogP contribution is 2.14. The van der Waals surface area contributed by atoms with Gasteiger partial charge in [0.1, 0.15) is 5.82 Å². The van der Waals surface area contributed by atoms with Crippen molar-refractivity contribution in [2.75, 3.05) is 18.1 Å². The van der Waals surface area contributed by atoms with Gasteiger partial charge >= 0.3 is 0 Å². The molecule has 0 atom stereocenters. The molecule has 0 unspecified atom stereocenters. The van der Waals surface area contributed by atoms with Crippen LogP contribution in [-0.2, 0) is 6.54 Å². The number of aliphatic hydroxyl groups excluding tert-OH is 1. The van der Waals surface area contributed by atoms with Crippen LogP contribution in [0.4, 0.5) is 5.69 Å². The lowest BCUT2D eigenvalue weighted by atomic mass is 10.3. The van der Waals surface area contributed by atoms with Gasteiger partial charge in [-0.15, -0.1) is 0 Å². The number of anilines is 1. The van der Waals surface area contributed by atoms with Gasteiger partial charge in [0.15, 0.2) is 0 Å². The molecule has 1 heterocycles. The number of hydrogen-bond donors (Lipinski definition) is 2. The van der Waals surface area contributed by atoms with Crippen LogP contribution >= 0.6 is 0 Å². The molecular formula is C12H15N3O. The van der Waals surface area contributed by atoms with Crippen molar-refractivity contribution in [1.82, 2.24) is 9.97 Å². The zero-order chi connectivity index (χ0) is 11.2. The third-order valence-electron chi connectivity index (χ3n) is 2.39. The molecule has 0 fully saturated rings. The third-order valence-corrected chi connectivity index (χ3v) is 2.39. The molecule has 4 heteroatoms. The lowest BCUT2D eigenvalue weighted by Crippen LogP contribution is -2.26. The van der Waals surface area contributed by atoms with Gasteiger partial charge in [-0.25, -0.2) is 4.98 Å². The van der Waals surface area contributed by atoms with Crippen LogP contribution in [0.5, 0.6) is 0 Å². The van der Waals surface area contributed by atoms with E-state index in [0.717, 1.165) is 11.5 Å². The van der Waals surface area contributed by atoms with Gasteiger partial charge in [0.25, 0.3) is 0 Å². The van der Waals surface area contributed by atoms with Crippen LogP contribution in [0.25, 0.3) is 0 Å². The summed E-state index contributed by atoms with van der Waals surface area (Å²) in [6.45, 7) is 1.41. The first-order chi connectivity index (χ1) is 7.90. The van der Waals surface area contributed by atoms with E-state index >= 15 is 0 Å². The van der Waals surface area contributed by atoms with Crippen molar-refractivity contribution in [2.45, 2.75) is 6.54 Å². The second kappa shape index (κ2) is 5.32. The molecule has 0 spiro atoms. The average Bonchev–Trinajstić information content (AvgIpc) is 2.83. The predicted molar refractivity (Wildman–Crippen MR) is 63.2 cm³/mol. The molecule has 0 saturated carbocycles. The van der Waals surface area contributed by atoms with Gasteiger partial charge in [-0.3, -0.25) is 0 Å². The minimum absolute atomic E-state index is 0.135. The number of para-hydroxylation sites is 1. The molecule has 1 aromatic carbocycles. The van der Waals surface area contributed by atoms with Gasteiger partial charge in [0.2, 0.25) is 0 Å². The summed E-state index contributed by atoms with van der Waals surface area (Å²) in [4.78, 5) is 9.33. The zero-order valence-electron chi connectivity index (χ0n) is 9.00. The molecule has 2 rings (SSSR count). The van der Waals surface area contributed by atoms with E-state index < -0.39 is 0 Å². The number of aromatic nitrogens is 2. The van der Waals surface area contributed by atoms with Crippen molar-refractivity contribution in [3.05, 3.63) is 48.5 Å². The van der Waals surface area contributed by atoms with Crippen molar-refractivity contribution < 1.29 is 5.11 Å². The van der Waals surface area contributed by atoms with E-state index in [4.69, 9.17) is 5.11 Å². The minimum atomic E-state index is 0.135. The topological polar surface area (TPSA) is 52.1 Å². The van der Waals surface area contributed by atoms with E-state index in [2.05, 4.69) is 14.9 Å². The summed E-state index contributed by atoms with van der Waals surface area (Å²) in [6, 6.07) is 10.0. The molecule has 0 aliphatic rings. The fourth-order valence-electron chi connectivity index (χ4n) is 1.62. The van der Waals surface area contributed by atoms with E-state index in [1.807, 2.05) is 30.3 Å². The normalized spacial score (nSPS) is 10.3. The number of rotatable bonds is 5. The smallest absolute Gasteiger partial charge is 0.125 e. The molecule has 2 aromatic rings. The summed E-state index contributed by atoms with van der Waals surface area (Å²) < 4.78 is 0. The Kier molecular flexibility index (Phi) is 3.56. The first-order valence-electron chi connectivity index (χ1n) is 5.29. The van der Waals surface area contributed by atoms with Gasteiger partial charge in [-0.05, 0) is 12.1 Å². The standard InChI is InChI=1S/C12H15N3O/c16-9-8-15(10-12-13-6-7-14-12)11-4-2-1-3-5-11/h1-7,16H,8-10H2,(H,13,14). The van der Waals surface area contributed by atoms with Gasteiger partial charge in [0.05, 0.1) is 13.2 Å². The first-order valence-corrected chi connectivity index (χ1v) is 5.29. The number of aliphatic hydroxyl groups is 1. The molecule has 16 heavy (non-hydrogen) atoms. The Bertz CT molecular complexity index is 399. The third kappa shape index (κ3) is 2.61. The van der Waals surface area contributed by atoms with Crippen molar-refractivity contribution in [3.8, 4) is 0 Å². The predicted octanol–water partition coefficient (Wildman–Crippen LogP) is 1.41. The molecule has 0 bridgehead atoms. The number of H-pyrrole nitrogens is 1. The molecular weight excluding hydrogens is 202 g/mol. The van der Waals surface area contributed by atoms with Gasteiger partial charge in [0, 0.05) is 24.6 Å². The summed E-state index contributed by atoms with van der Waals surface area (Å²) in [5, 5.41) is 9.05. The molecule has 2 N–H and O–H groups in total. The first kappa shape index (κ1) is 10.7. The van der Waals surface area contributed by atoms with Crippen molar-refractivity contribution in [1.29, 1.82) is 0 Å². The molecule has 0 amide bonds. The number of imidazole rings is 1. The molecule has 84 valence electrons. The number of benzene rings is 1. The fourth-order valence-corrected chi connectivity index (χ4v) is 1.62. The van der Waals surface area contributed by atoms with Crippen LogP contribution in [0.1, 0.15) is 5.82 Å². The van der Waals surface area contributed by atoms with Crippen LogP contribution in [0.2, 0.25) is 0 Å². The van der Waals surface area contributed by atoms with E-state index in [1.165, 1.54) is 0 Å². The Hall–Kier alpha value is -1.81. The Morgan fingerprint density at radius 2 is 2.06 bits per heavy atom. The van der Waals surface area contributed by atoms with Crippen LogP contribution in [-0.4, -0.2) is 28.2 Å². The highest BCUT2D eigenvalue weighted by Gasteiger charge is 2.07. The molecule has 0 saturated heterocycles. The Balaban J connectivity index is 2.11. The zero-order valence-corrected chi connectivity index (χ0v) is 9.00. The number of aromatic amines is 1. The van der Waals surface area contributed by atoms with Gasteiger partial charge in [-0.2, -0.15) is 0 Å².